The maximum atomic E-state index is 12.0. The predicted molar refractivity (Wildman–Crippen MR) is 82.0 cm³/mol. The minimum absolute atomic E-state index is 0.134. The van der Waals surface area contributed by atoms with E-state index in [0.717, 1.165) is 19.3 Å². The zero-order valence-corrected chi connectivity index (χ0v) is 13.9. The normalized spacial score (nSPS) is 26.0. The van der Waals surface area contributed by atoms with Crippen LogP contribution in [0.3, 0.4) is 0 Å². The van der Waals surface area contributed by atoms with Crippen LogP contribution in [0.15, 0.2) is 0 Å². The summed E-state index contributed by atoms with van der Waals surface area (Å²) in [4.78, 5) is 12.0. The summed E-state index contributed by atoms with van der Waals surface area (Å²) in [7, 11) is 0. The molecule has 1 aliphatic carbocycles. The highest BCUT2D eigenvalue weighted by molar-refractivity contribution is 5.81. The summed E-state index contributed by atoms with van der Waals surface area (Å²) in [6, 6.07) is 0. The molecule has 0 radical (unpaired) electrons. The Morgan fingerprint density at radius 1 is 1.29 bits per heavy atom. The van der Waals surface area contributed by atoms with Gasteiger partial charge < -0.3 is 19.9 Å². The lowest BCUT2D eigenvalue weighted by Crippen LogP contribution is -2.52. The molecule has 2 atom stereocenters. The Bertz CT molecular complexity index is 327. The van der Waals surface area contributed by atoms with Gasteiger partial charge in [-0.2, -0.15) is 0 Å². The summed E-state index contributed by atoms with van der Waals surface area (Å²) in [5.41, 5.74) is 5.32. The van der Waals surface area contributed by atoms with Crippen LogP contribution >= 0.6 is 0 Å². The average molecular weight is 301 g/mol. The maximum Gasteiger partial charge on any atom is 0.326 e. The Kier molecular flexibility index (Phi) is 7.10. The molecule has 5 nitrogen and oxygen atoms in total. The first-order chi connectivity index (χ1) is 9.79. The minimum Gasteiger partial charge on any atom is -0.465 e. The zero-order valence-electron chi connectivity index (χ0n) is 13.9. The molecule has 0 saturated heterocycles. The van der Waals surface area contributed by atoms with Crippen LogP contribution in [0.1, 0.15) is 53.4 Å². The van der Waals surface area contributed by atoms with E-state index >= 15 is 0 Å². The second kappa shape index (κ2) is 8.11. The van der Waals surface area contributed by atoms with Crippen LogP contribution in [0, 0.1) is 5.92 Å². The van der Waals surface area contributed by atoms with E-state index in [1.54, 1.807) is 0 Å². The number of carbonyl (C=O) groups is 1. The monoisotopic (exact) mass is 301 g/mol. The van der Waals surface area contributed by atoms with Crippen LogP contribution in [0.25, 0.3) is 0 Å². The van der Waals surface area contributed by atoms with Crippen molar-refractivity contribution in [3.8, 4) is 0 Å². The van der Waals surface area contributed by atoms with Crippen LogP contribution in [0.2, 0.25) is 0 Å². The topological polar surface area (TPSA) is 70.8 Å². The first kappa shape index (κ1) is 18.4. The van der Waals surface area contributed by atoms with E-state index in [4.69, 9.17) is 19.9 Å². The molecule has 0 bridgehead atoms. The molecule has 21 heavy (non-hydrogen) atoms. The molecule has 0 aromatic heterocycles. The van der Waals surface area contributed by atoms with Crippen LogP contribution in [-0.2, 0) is 19.0 Å². The van der Waals surface area contributed by atoms with Gasteiger partial charge in [-0.15, -0.1) is 0 Å². The number of esters is 1. The van der Waals surface area contributed by atoms with E-state index in [1.807, 2.05) is 27.7 Å². The Morgan fingerprint density at radius 2 is 2.00 bits per heavy atom. The van der Waals surface area contributed by atoms with Gasteiger partial charge in [0.2, 0.25) is 0 Å². The van der Waals surface area contributed by atoms with E-state index in [2.05, 4.69) is 0 Å². The van der Waals surface area contributed by atoms with Gasteiger partial charge in [-0.1, -0.05) is 6.42 Å². The molecule has 0 amide bonds. The highest BCUT2D eigenvalue weighted by Gasteiger charge is 2.46. The highest BCUT2D eigenvalue weighted by atomic mass is 16.5. The third-order valence-electron chi connectivity index (χ3n) is 3.90. The van der Waals surface area contributed by atoms with Gasteiger partial charge in [0.1, 0.15) is 5.54 Å². The van der Waals surface area contributed by atoms with Crippen LogP contribution in [0.4, 0.5) is 0 Å². The smallest absolute Gasteiger partial charge is 0.326 e. The van der Waals surface area contributed by atoms with E-state index in [1.165, 1.54) is 0 Å². The number of ether oxygens (including phenoxy) is 3. The van der Waals surface area contributed by atoms with E-state index in [-0.39, 0.29) is 17.5 Å². The van der Waals surface area contributed by atoms with Gasteiger partial charge in [0.05, 0.1) is 25.4 Å². The Balaban J connectivity index is 2.26. The Labute approximate surface area is 128 Å². The second-order valence-corrected chi connectivity index (χ2v) is 6.71. The first-order valence-corrected chi connectivity index (χ1v) is 7.97. The molecular formula is C16H31NO4. The van der Waals surface area contributed by atoms with Crippen LogP contribution in [-0.4, -0.2) is 43.5 Å². The third-order valence-corrected chi connectivity index (χ3v) is 3.90. The molecule has 0 heterocycles. The van der Waals surface area contributed by atoms with Gasteiger partial charge in [-0.05, 0) is 52.9 Å². The summed E-state index contributed by atoms with van der Waals surface area (Å²) in [5.74, 6) is -0.108. The van der Waals surface area contributed by atoms with E-state index < -0.39 is 5.54 Å². The Hall–Kier alpha value is -0.650. The fourth-order valence-corrected chi connectivity index (χ4v) is 2.77. The van der Waals surface area contributed by atoms with E-state index in [9.17, 15) is 4.79 Å². The van der Waals surface area contributed by atoms with E-state index in [0.29, 0.717) is 32.8 Å². The summed E-state index contributed by atoms with van der Waals surface area (Å²) < 4.78 is 16.3. The minimum atomic E-state index is -0.818. The second-order valence-electron chi connectivity index (χ2n) is 6.71. The van der Waals surface area contributed by atoms with Crippen molar-refractivity contribution >= 4 is 5.97 Å². The molecule has 0 aromatic carbocycles. The molecule has 1 fully saturated rings. The largest absolute Gasteiger partial charge is 0.465 e. The van der Waals surface area contributed by atoms with Crippen molar-refractivity contribution in [2.45, 2.75) is 64.5 Å². The summed E-state index contributed by atoms with van der Waals surface area (Å²) in [5, 5.41) is 0. The zero-order chi connectivity index (χ0) is 15.9. The summed E-state index contributed by atoms with van der Waals surface area (Å²) in [6.07, 6.45) is 3.46. The first-order valence-electron chi connectivity index (χ1n) is 7.97. The lowest BCUT2D eigenvalue weighted by atomic mass is 9.86. The van der Waals surface area contributed by atoms with Crippen molar-refractivity contribution in [3.63, 3.8) is 0 Å². The molecule has 1 rings (SSSR count). The number of rotatable bonds is 8. The molecule has 1 aliphatic rings. The lowest BCUT2D eigenvalue weighted by Gasteiger charge is -2.29. The molecule has 2 N–H and O–H groups in total. The molecule has 1 saturated carbocycles. The number of nitrogens with two attached hydrogens (primary N) is 1. The van der Waals surface area contributed by atoms with Crippen molar-refractivity contribution < 1.29 is 19.0 Å². The molecular weight excluding hydrogens is 270 g/mol. The predicted octanol–water partition coefficient (Wildman–Crippen LogP) is 2.27. The van der Waals surface area contributed by atoms with Crippen molar-refractivity contribution in [1.82, 2.24) is 0 Å². The molecule has 0 aliphatic heterocycles. The molecule has 5 heteroatoms. The number of hydrogen-bond acceptors (Lipinski definition) is 5. The van der Waals surface area contributed by atoms with Gasteiger partial charge in [0, 0.05) is 6.61 Å². The Morgan fingerprint density at radius 3 is 2.62 bits per heavy atom. The van der Waals surface area contributed by atoms with Crippen LogP contribution < -0.4 is 5.73 Å². The third kappa shape index (κ3) is 5.93. The summed E-state index contributed by atoms with van der Waals surface area (Å²) in [6.45, 7) is 10.0. The van der Waals surface area contributed by atoms with Gasteiger partial charge >= 0.3 is 5.97 Å². The standard InChI is InChI=1S/C16H31NO4/c1-5-20-14(18)16(17)9-6-7-13(16)8-10-19-11-12-21-15(2,3)4/h13H,5-12,17H2,1-4H3. The van der Waals surface area contributed by atoms with Crippen molar-refractivity contribution in [2.24, 2.45) is 11.7 Å². The van der Waals surface area contributed by atoms with Gasteiger partial charge in [0.25, 0.3) is 0 Å². The van der Waals surface area contributed by atoms with Gasteiger partial charge in [0.15, 0.2) is 0 Å². The fraction of sp³-hybridized carbons (Fsp3) is 0.938. The fourth-order valence-electron chi connectivity index (χ4n) is 2.77. The highest BCUT2D eigenvalue weighted by Crippen LogP contribution is 2.37. The quantitative estimate of drug-likeness (QED) is 0.550. The average Bonchev–Trinajstić information content (AvgIpc) is 2.75. The van der Waals surface area contributed by atoms with Crippen LogP contribution in [0.5, 0.6) is 0 Å². The molecule has 0 aromatic rings. The molecule has 2 unspecified atom stereocenters. The van der Waals surface area contributed by atoms with Crippen molar-refractivity contribution in [2.75, 3.05) is 26.4 Å². The van der Waals surface area contributed by atoms with Crippen molar-refractivity contribution in [1.29, 1.82) is 0 Å². The number of hydrogen-bond donors (Lipinski definition) is 1. The number of carbonyl (C=O) groups excluding carboxylic acids is 1. The maximum absolute atomic E-state index is 12.0. The van der Waals surface area contributed by atoms with Crippen molar-refractivity contribution in [3.05, 3.63) is 0 Å². The van der Waals surface area contributed by atoms with Gasteiger partial charge in [-0.25, -0.2) is 0 Å². The SMILES string of the molecule is CCOC(=O)C1(N)CCCC1CCOCCOC(C)(C)C. The lowest BCUT2D eigenvalue weighted by molar-refractivity contribution is -0.151. The molecule has 0 spiro atoms. The summed E-state index contributed by atoms with van der Waals surface area (Å²) >= 11 is 0. The molecule has 124 valence electrons. The van der Waals surface area contributed by atoms with Gasteiger partial charge in [-0.3, -0.25) is 4.79 Å².